The maximum Gasteiger partial charge on any atom is 0.169 e. The van der Waals surface area contributed by atoms with Gasteiger partial charge in [-0.25, -0.2) is 0 Å². The molecule has 0 saturated heterocycles. The number of fused-ring (bicyclic) bond motifs is 5. The van der Waals surface area contributed by atoms with Gasteiger partial charge in [-0.05, 0) is 17.5 Å². The lowest BCUT2D eigenvalue weighted by Gasteiger charge is -2.37. The number of hydrogen-bond donors (Lipinski definition) is 1. The van der Waals surface area contributed by atoms with E-state index in [4.69, 9.17) is 23.7 Å². The van der Waals surface area contributed by atoms with Crippen LogP contribution in [0.25, 0.3) is 21.9 Å². The van der Waals surface area contributed by atoms with Gasteiger partial charge in [-0.3, -0.25) is 0 Å². The Hall–Kier alpha value is -3.32. The van der Waals surface area contributed by atoms with Crippen LogP contribution in [0.5, 0.6) is 28.7 Å². The van der Waals surface area contributed by atoms with Crippen molar-refractivity contribution in [2.45, 2.75) is 6.23 Å². The van der Waals surface area contributed by atoms with Crippen LogP contribution in [0, 0.1) is 0 Å². The molecule has 3 aromatic carbocycles. The fourth-order valence-corrected chi connectivity index (χ4v) is 4.22. The highest BCUT2D eigenvalue weighted by molar-refractivity contribution is 6.06. The van der Waals surface area contributed by atoms with Crippen molar-refractivity contribution in [1.29, 1.82) is 0 Å². The summed E-state index contributed by atoms with van der Waals surface area (Å²) in [6, 6.07) is 9.66. The Morgan fingerprint density at radius 1 is 0.767 bits per heavy atom. The molecule has 0 spiro atoms. The van der Waals surface area contributed by atoms with Crippen LogP contribution in [-0.4, -0.2) is 47.7 Å². The number of aliphatic hydroxyl groups is 1. The van der Waals surface area contributed by atoms with Crippen molar-refractivity contribution in [3.05, 3.63) is 35.9 Å². The van der Waals surface area contributed by atoms with Crippen LogP contribution in [-0.2, 0) is 0 Å². The Kier molecular flexibility index (Phi) is 4.99. The van der Waals surface area contributed by atoms with Crippen LogP contribution in [0.2, 0.25) is 0 Å². The summed E-state index contributed by atoms with van der Waals surface area (Å²) in [4.78, 5) is 1.81. The van der Waals surface area contributed by atoms with E-state index in [0.29, 0.717) is 34.3 Å². The Balaban J connectivity index is 2.12. The van der Waals surface area contributed by atoms with Gasteiger partial charge in [0.2, 0.25) is 0 Å². The van der Waals surface area contributed by atoms with Crippen molar-refractivity contribution in [2.24, 2.45) is 0 Å². The van der Waals surface area contributed by atoms with Crippen LogP contribution >= 0.6 is 0 Å². The van der Waals surface area contributed by atoms with Gasteiger partial charge in [-0.15, -0.1) is 0 Å². The molecule has 0 aliphatic carbocycles. The third-order valence-corrected chi connectivity index (χ3v) is 5.63. The van der Waals surface area contributed by atoms with E-state index in [1.807, 2.05) is 36.2 Å². The van der Waals surface area contributed by atoms with E-state index >= 15 is 0 Å². The summed E-state index contributed by atoms with van der Waals surface area (Å²) >= 11 is 0. The molecular weight excluding hydrogens is 386 g/mol. The van der Waals surface area contributed by atoms with Crippen molar-refractivity contribution in [2.75, 3.05) is 47.5 Å². The summed E-state index contributed by atoms with van der Waals surface area (Å²) in [6.45, 7) is 0. The third kappa shape index (κ3) is 2.69. The Bertz CT molecular complexity index is 1130. The Morgan fingerprint density at radius 2 is 1.40 bits per heavy atom. The van der Waals surface area contributed by atoms with Crippen molar-refractivity contribution >= 4 is 16.5 Å². The molecule has 3 aromatic rings. The molecule has 0 fully saturated rings. The highest BCUT2D eigenvalue weighted by atomic mass is 16.5. The fraction of sp³-hybridized carbons (Fsp3) is 0.304. The zero-order valence-corrected chi connectivity index (χ0v) is 17.9. The molecule has 30 heavy (non-hydrogen) atoms. The minimum atomic E-state index is -0.967. The number of rotatable bonds is 5. The molecule has 7 heteroatoms. The van der Waals surface area contributed by atoms with E-state index in [1.165, 1.54) is 0 Å². The summed E-state index contributed by atoms with van der Waals surface area (Å²) in [5, 5.41) is 13.2. The molecule has 0 saturated carbocycles. The molecule has 1 aliphatic rings. The first-order valence-corrected chi connectivity index (χ1v) is 9.43. The molecule has 0 bridgehead atoms. The summed E-state index contributed by atoms with van der Waals surface area (Å²) in [7, 11) is 9.77. The average molecular weight is 411 g/mol. The second-order valence-electron chi connectivity index (χ2n) is 6.98. The summed E-state index contributed by atoms with van der Waals surface area (Å²) in [5.41, 5.74) is 3.14. The standard InChI is InChI=1S/C23H25NO6/c1-24-21-13(8-7-12-9-15(26-2)16(27-3)10-14(12)21)19-17(28-4)11-18(29-5)22(30-6)20(19)23(24)25/h7-11,23,25H,1-6H3. The van der Waals surface area contributed by atoms with Crippen molar-refractivity contribution in [3.8, 4) is 39.9 Å². The van der Waals surface area contributed by atoms with E-state index in [9.17, 15) is 5.11 Å². The number of aliphatic hydroxyl groups excluding tert-OH is 1. The Labute approximate surface area is 175 Å². The number of ether oxygens (including phenoxy) is 5. The van der Waals surface area contributed by atoms with Gasteiger partial charge in [-0.1, -0.05) is 12.1 Å². The summed E-state index contributed by atoms with van der Waals surface area (Å²) in [5.74, 6) is 2.83. The molecule has 1 unspecified atom stereocenters. The quantitative estimate of drug-likeness (QED) is 0.681. The number of benzene rings is 3. The molecule has 0 radical (unpaired) electrons. The summed E-state index contributed by atoms with van der Waals surface area (Å²) in [6.07, 6.45) is -0.967. The first kappa shape index (κ1) is 20.0. The van der Waals surface area contributed by atoms with Crippen LogP contribution in [0.3, 0.4) is 0 Å². The number of nitrogens with zero attached hydrogens (tertiary/aromatic N) is 1. The second-order valence-corrected chi connectivity index (χ2v) is 6.98. The fourth-order valence-electron chi connectivity index (χ4n) is 4.22. The molecule has 1 aliphatic heterocycles. The van der Waals surface area contributed by atoms with E-state index in [2.05, 4.69) is 0 Å². The SMILES string of the molecule is COc1cc2ccc3c(c2cc1OC)N(C)C(O)c1c(OC)c(OC)cc(OC)c1-3. The first-order chi connectivity index (χ1) is 14.5. The van der Waals surface area contributed by atoms with Crippen molar-refractivity contribution < 1.29 is 28.8 Å². The molecular formula is C23H25NO6. The predicted octanol–water partition coefficient (Wildman–Crippen LogP) is 3.99. The minimum Gasteiger partial charge on any atom is -0.496 e. The molecule has 158 valence electrons. The van der Waals surface area contributed by atoms with Gasteiger partial charge in [0.15, 0.2) is 29.2 Å². The molecule has 7 nitrogen and oxygen atoms in total. The van der Waals surface area contributed by atoms with E-state index < -0.39 is 6.23 Å². The monoisotopic (exact) mass is 411 g/mol. The summed E-state index contributed by atoms with van der Waals surface area (Å²) < 4.78 is 27.7. The van der Waals surface area contributed by atoms with Gasteiger partial charge in [0, 0.05) is 29.6 Å². The maximum atomic E-state index is 11.3. The number of methoxy groups -OCH3 is 5. The van der Waals surface area contributed by atoms with Crippen LogP contribution in [0.15, 0.2) is 30.3 Å². The molecule has 1 atom stereocenters. The van der Waals surface area contributed by atoms with Crippen LogP contribution < -0.4 is 28.6 Å². The van der Waals surface area contributed by atoms with E-state index in [1.54, 1.807) is 41.6 Å². The Morgan fingerprint density at radius 3 is 2.00 bits per heavy atom. The number of hydrogen-bond acceptors (Lipinski definition) is 7. The average Bonchev–Trinajstić information content (AvgIpc) is 2.79. The van der Waals surface area contributed by atoms with Crippen molar-refractivity contribution in [1.82, 2.24) is 0 Å². The molecule has 1 N–H and O–H groups in total. The first-order valence-electron chi connectivity index (χ1n) is 9.43. The molecule has 4 rings (SSSR count). The second kappa shape index (κ2) is 7.50. The smallest absolute Gasteiger partial charge is 0.169 e. The van der Waals surface area contributed by atoms with Gasteiger partial charge in [0.05, 0.1) is 46.8 Å². The van der Waals surface area contributed by atoms with Gasteiger partial charge in [0.1, 0.15) is 5.75 Å². The lowest BCUT2D eigenvalue weighted by Crippen LogP contribution is -2.29. The van der Waals surface area contributed by atoms with Gasteiger partial charge >= 0.3 is 0 Å². The lowest BCUT2D eigenvalue weighted by molar-refractivity contribution is 0.171. The predicted molar refractivity (Wildman–Crippen MR) is 116 cm³/mol. The lowest BCUT2D eigenvalue weighted by atomic mass is 9.88. The van der Waals surface area contributed by atoms with Crippen LogP contribution in [0.4, 0.5) is 5.69 Å². The van der Waals surface area contributed by atoms with Gasteiger partial charge in [0.25, 0.3) is 0 Å². The topological polar surface area (TPSA) is 69.6 Å². The largest absolute Gasteiger partial charge is 0.496 e. The number of anilines is 1. The molecule has 0 aromatic heterocycles. The maximum absolute atomic E-state index is 11.3. The zero-order chi connectivity index (χ0) is 21.6. The van der Waals surface area contributed by atoms with Gasteiger partial charge < -0.3 is 33.7 Å². The zero-order valence-electron chi connectivity index (χ0n) is 17.9. The van der Waals surface area contributed by atoms with E-state index in [-0.39, 0.29) is 0 Å². The van der Waals surface area contributed by atoms with E-state index in [0.717, 1.165) is 27.6 Å². The van der Waals surface area contributed by atoms with Gasteiger partial charge in [-0.2, -0.15) is 0 Å². The molecule has 0 amide bonds. The third-order valence-electron chi connectivity index (χ3n) is 5.63. The highest BCUT2D eigenvalue weighted by Gasteiger charge is 2.36. The minimum absolute atomic E-state index is 0.478. The highest BCUT2D eigenvalue weighted by Crippen LogP contribution is 2.55. The normalized spacial score (nSPS) is 14.8. The van der Waals surface area contributed by atoms with Crippen molar-refractivity contribution in [3.63, 3.8) is 0 Å². The molecule has 1 heterocycles. The van der Waals surface area contributed by atoms with Crippen LogP contribution in [0.1, 0.15) is 11.8 Å².